The van der Waals surface area contributed by atoms with Crippen LogP contribution < -0.4 is 10.0 Å². The molecule has 3 N–H and O–H groups in total. The molecule has 3 rings (SSSR count). The van der Waals surface area contributed by atoms with Crippen molar-refractivity contribution in [3.8, 4) is 5.75 Å². The molecule has 0 aromatic heterocycles. The first-order chi connectivity index (χ1) is 14.2. The first-order valence-electron chi connectivity index (χ1n) is 8.46. The van der Waals surface area contributed by atoms with E-state index < -0.39 is 15.9 Å². The maximum absolute atomic E-state index is 12.7. The Kier molecular flexibility index (Phi) is 6.82. The van der Waals surface area contributed by atoms with Crippen LogP contribution in [0, 0.1) is 0 Å². The Bertz CT molecular complexity index is 1220. The lowest BCUT2D eigenvalue weighted by Gasteiger charge is -2.12. The number of amides is 1. The Labute approximate surface area is 188 Å². The van der Waals surface area contributed by atoms with Crippen molar-refractivity contribution in [3.05, 3.63) is 76.3 Å². The Morgan fingerprint density at radius 2 is 1.80 bits per heavy atom. The van der Waals surface area contributed by atoms with Gasteiger partial charge in [-0.05, 0) is 60.9 Å². The number of phenolic OH excluding ortho intramolecular Hbond substituents is 1. The van der Waals surface area contributed by atoms with Gasteiger partial charge in [0.2, 0.25) is 0 Å². The Morgan fingerprint density at radius 1 is 1.03 bits per heavy atom. The van der Waals surface area contributed by atoms with Gasteiger partial charge >= 0.3 is 0 Å². The minimum atomic E-state index is -3.99. The van der Waals surface area contributed by atoms with E-state index in [1.165, 1.54) is 30.0 Å². The zero-order valence-corrected chi connectivity index (χ0v) is 18.7. The summed E-state index contributed by atoms with van der Waals surface area (Å²) in [5, 5.41) is 13.2. The van der Waals surface area contributed by atoms with Gasteiger partial charge in [-0.1, -0.05) is 29.3 Å². The van der Waals surface area contributed by atoms with Gasteiger partial charge in [0.05, 0.1) is 26.9 Å². The van der Waals surface area contributed by atoms with Gasteiger partial charge in [0.25, 0.3) is 15.9 Å². The number of hydrogen-bond donors (Lipinski definition) is 3. The monoisotopic (exact) mass is 482 g/mol. The minimum absolute atomic E-state index is 0.0698. The molecule has 0 atom stereocenters. The van der Waals surface area contributed by atoms with Crippen LogP contribution in [-0.2, 0) is 10.0 Å². The normalized spacial score (nSPS) is 11.2. The third-order valence-corrected chi connectivity index (χ3v) is 6.69. The summed E-state index contributed by atoms with van der Waals surface area (Å²) in [4.78, 5) is 13.3. The van der Waals surface area contributed by atoms with Crippen LogP contribution in [0.25, 0.3) is 0 Å². The molecule has 0 aliphatic rings. The SMILES string of the molecule is CSc1ccc(Cl)c(C(=O)Nc2cc(S(=O)(=O)Nc3cccc(Cl)c3)ccc2O)c1. The summed E-state index contributed by atoms with van der Waals surface area (Å²) in [5.74, 6) is -0.870. The van der Waals surface area contributed by atoms with Crippen LogP contribution in [0.3, 0.4) is 0 Å². The van der Waals surface area contributed by atoms with Gasteiger partial charge in [0.1, 0.15) is 5.75 Å². The Hall–Kier alpha value is -2.39. The molecule has 6 nitrogen and oxygen atoms in total. The smallest absolute Gasteiger partial charge is 0.261 e. The predicted molar refractivity (Wildman–Crippen MR) is 122 cm³/mol. The number of aromatic hydroxyl groups is 1. The number of hydrogen-bond acceptors (Lipinski definition) is 5. The highest BCUT2D eigenvalue weighted by Crippen LogP contribution is 2.30. The van der Waals surface area contributed by atoms with Gasteiger partial charge in [-0.25, -0.2) is 8.42 Å². The second-order valence-electron chi connectivity index (χ2n) is 6.09. The van der Waals surface area contributed by atoms with Crippen molar-refractivity contribution in [2.75, 3.05) is 16.3 Å². The maximum atomic E-state index is 12.7. The molecule has 156 valence electrons. The Balaban J connectivity index is 1.89. The molecule has 0 fully saturated rings. The fourth-order valence-electron chi connectivity index (χ4n) is 2.54. The van der Waals surface area contributed by atoms with Crippen molar-refractivity contribution >= 4 is 62.3 Å². The van der Waals surface area contributed by atoms with E-state index in [2.05, 4.69) is 10.0 Å². The highest BCUT2D eigenvalue weighted by molar-refractivity contribution is 7.98. The van der Waals surface area contributed by atoms with Crippen LogP contribution in [-0.4, -0.2) is 25.7 Å². The quantitative estimate of drug-likeness (QED) is 0.319. The molecule has 0 bridgehead atoms. The first kappa shape index (κ1) is 22.3. The highest BCUT2D eigenvalue weighted by Gasteiger charge is 2.19. The van der Waals surface area contributed by atoms with E-state index in [0.29, 0.717) is 5.02 Å². The van der Waals surface area contributed by atoms with Crippen molar-refractivity contribution in [2.45, 2.75) is 9.79 Å². The lowest BCUT2D eigenvalue weighted by atomic mass is 10.2. The summed E-state index contributed by atoms with van der Waals surface area (Å²) < 4.78 is 27.8. The number of benzene rings is 3. The van der Waals surface area contributed by atoms with Gasteiger partial charge < -0.3 is 10.4 Å². The molecular formula is C20H16Cl2N2O4S2. The van der Waals surface area contributed by atoms with Crippen molar-refractivity contribution in [2.24, 2.45) is 0 Å². The van der Waals surface area contributed by atoms with Crippen molar-refractivity contribution in [1.29, 1.82) is 0 Å². The number of thioether (sulfide) groups is 1. The number of phenols is 1. The molecule has 0 unspecified atom stereocenters. The first-order valence-corrected chi connectivity index (χ1v) is 11.9. The fraction of sp³-hybridized carbons (Fsp3) is 0.0500. The number of halogens is 2. The van der Waals surface area contributed by atoms with Crippen LogP contribution >= 0.6 is 35.0 Å². The van der Waals surface area contributed by atoms with Gasteiger partial charge in [-0.15, -0.1) is 11.8 Å². The average Bonchev–Trinajstić information content (AvgIpc) is 2.69. The predicted octanol–water partition coefficient (Wildman–Crippen LogP) is 5.47. The van der Waals surface area contributed by atoms with E-state index in [1.54, 1.807) is 36.4 Å². The second kappa shape index (κ2) is 9.18. The maximum Gasteiger partial charge on any atom is 0.261 e. The number of nitrogens with one attached hydrogen (secondary N) is 2. The molecule has 1 amide bonds. The molecule has 10 heteroatoms. The topological polar surface area (TPSA) is 95.5 Å². The van der Waals surface area contributed by atoms with Crippen molar-refractivity contribution in [3.63, 3.8) is 0 Å². The number of carbonyl (C=O) groups excluding carboxylic acids is 1. The van der Waals surface area contributed by atoms with Crippen molar-refractivity contribution < 1.29 is 18.3 Å². The molecule has 0 heterocycles. The Morgan fingerprint density at radius 3 is 2.50 bits per heavy atom. The van der Waals surface area contributed by atoms with Crippen LogP contribution in [0.5, 0.6) is 5.75 Å². The molecule has 3 aromatic carbocycles. The standard InChI is InChI=1S/C20H16Cl2N2O4S2/c1-29-14-5-7-17(22)16(10-14)20(26)23-18-11-15(6-8-19(18)25)30(27,28)24-13-4-2-3-12(21)9-13/h2-11,24-25H,1H3,(H,23,26). The van der Waals surface area contributed by atoms with Crippen LogP contribution in [0.2, 0.25) is 10.0 Å². The molecule has 0 aliphatic heterocycles. The average molecular weight is 483 g/mol. The molecule has 3 aromatic rings. The van der Waals surface area contributed by atoms with E-state index >= 15 is 0 Å². The van der Waals surface area contributed by atoms with E-state index in [-0.39, 0.29) is 32.6 Å². The molecule has 0 spiro atoms. The van der Waals surface area contributed by atoms with E-state index in [1.807, 2.05) is 6.26 Å². The van der Waals surface area contributed by atoms with Gasteiger partial charge in [0, 0.05) is 9.92 Å². The summed E-state index contributed by atoms with van der Waals surface area (Å²) in [7, 11) is -3.99. The molecule has 0 aliphatic carbocycles. The summed E-state index contributed by atoms with van der Waals surface area (Å²) in [6.45, 7) is 0. The minimum Gasteiger partial charge on any atom is -0.506 e. The van der Waals surface area contributed by atoms with Gasteiger partial charge in [-0.3, -0.25) is 9.52 Å². The molecular weight excluding hydrogens is 467 g/mol. The zero-order chi connectivity index (χ0) is 21.9. The lowest BCUT2D eigenvalue weighted by Crippen LogP contribution is -2.15. The summed E-state index contributed by atoms with van der Waals surface area (Å²) in [6, 6.07) is 14.8. The van der Waals surface area contributed by atoms with Gasteiger partial charge in [0.15, 0.2) is 0 Å². The zero-order valence-electron chi connectivity index (χ0n) is 15.5. The van der Waals surface area contributed by atoms with E-state index in [4.69, 9.17) is 23.2 Å². The molecule has 0 radical (unpaired) electrons. The van der Waals surface area contributed by atoms with E-state index in [0.717, 1.165) is 11.0 Å². The lowest BCUT2D eigenvalue weighted by molar-refractivity contribution is 0.102. The summed E-state index contributed by atoms with van der Waals surface area (Å²) in [5.41, 5.74) is 0.412. The van der Waals surface area contributed by atoms with Crippen molar-refractivity contribution in [1.82, 2.24) is 0 Å². The summed E-state index contributed by atoms with van der Waals surface area (Å²) >= 11 is 13.4. The molecule has 0 saturated carbocycles. The van der Waals surface area contributed by atoms with Gasteiger partial charge in [-0.2, -0.15) is 0 Å². The molecule has 0 saturated heterocycles. The third-order valence-electron chi connectivity index (χ3n) is 4.02. The third kappa shape index (κ3) is 5.20. The van der Waals surface area contributed by atoms with Crippen LogP contribution in [0.4, 0.5) is 11.4 Å². The molecule has 30 heavy (non-hydrogen) atoms. The largest absolute Gasteiger partial charge is 0.506 e. The second-order valence-corrected chi connectivity index (χ2v) is 9.50. The number of sulfonamides is 1. The highest BCUT2D eigenvalue weighted by atomic mass is 35.5. The number of anilines is 2. The number of carbonyl (C=O) groups is 1. The fourth-order valence-corrected chi connectivity index (χ4v) is 4.45. The number of rotatable bonds is 6. The summed E-state index contributed by atoms with van der Waals surface area (Å²) in [6.07, 6.45) is 1.86. The van der Waals surface area contributed by atoms with Crippen LogP contribution in [0.1, 0.15) is 10.4 Å². The van der Waals surface area contributed by atoms with Crippen LogP contribution in [0.15, 0.2) is 70.5 Å². The van der Waals surface area contributed by atoms with E-state index in [9.17, 15) is 18.3 Å².